The van der Waals surface area contributed by atoms with E-state index in [1.165, 1.54) is 36.4 Å². The van der Waals surface area contributed by atoms with E-state index in [2.05, 4.69) is 0 Å². The molecule has 0 saturated carbocycles. The fourth-order valence-corrected chi connectivity index (χ4v) is 3.26. The SMILES string of the molecule is O=[N+]([O-])c1c(/C=C/c2cccc(S(=O)(=O)O)c2)cccc1S(=O)(=O)O. The number of nitro benzene ring substituents is 1. The van der Waals surface area contributed by atoms with Gasteiger partial charge in [0.15, 0.2) is 4.90 Å². The Balaban J connectivity index is 2.55. The van der Waals surface area contributed by atoms with Crippen LogP contribution in [0.25, 0.3) is 12.2 Å². The molecule has 0 aliphatic rings. The smallest absolute Gasteiger partial charge is 0.282 e. The Morgan fingerprint density at radius 3 is 2.12 bits per heavy atom. The van der Waals surface area contributed by atoms with Crippen LogP contribution in [0.4, 0.5) is 5.69 Å². The lowest BCUT2D eigenvalue weighted by molar-refractivity contribution is -0.388. The molecule has 0 heterocycles. The van der Waals surface area contributed by atoms with Crippen LogP contribution in [0.2, 0.25) is 0 Å². The van der Waals surface area contributed by atoms with Gasteiger partial charge >= 0.3 is 10.1 Å². The van der Waals surface area contributed by atoms with E-state index in [1.807, 2.05) is 0 Å². The lowest BCUT2D eigenvalue weighted by Gasteiger charge is -2.03. The van der Waals surface area contributed by atoms with E-state index in [9.17, 15) is 26.9 Å². The van der Waals surface area contributed by atoms with E-state index in [4.69, 9.17) is 9.11 Å². The molecule has 0 atom stereocenters. The molecule has 0 amide bonds. The Bertz CT molecular complexity index is 1070. The molecule has 2 aromatic rings. The lowest BCUT2D eigenvalue weighted by Crippen LogP contribution is -2.04. The van der Waals surface area contributed by atoms with Crippen LogP contribution in [-0.4, -0.2) is 30.9 Å². The van der Waals surface area contributed by atoms with Crippen molar-refractivity contribution in [2.75, 3.05) is 0 Å². The minimum absolute atomic E-state index is 0.114. The molecule has 25 heavy (non-hydrogen) atoms. The van der Waals surface area contributed by atoms with Crippen LogP contribution in [0.5, 0.6) is 0 Å². The maximum absolute atomic E-state index is 11.3. The van der Waals surface area contributed by atoms with Crippen molar-refractivity contribution in [1.82, 2.24) is 0 Å². The highest BCUT2D eigenvalue weighted by Gasteiger charge is 2.26. The fraction of sp³-hybridized carbons (Fsp3) is 0. The number of hydrogen-bond acceptors (Lipinski definition) is 6. The third-order valence-corrected chi connectivity index (χ3v) is 4.84. The van der Waals surface area contributed by atoms with Crippen molar-refractivity contribution in [3.05, 3.63) is 63.7 Å². The predicted octanol–water partition coefficient (Wildman–Crippen LogP) is 2.26. The zero-order valence-corrected chi connectivity index (χ0v) is 13.9. The zero-order chi connectivity index (χ0) is 18.8. The molecule has 2 aromatic carbocycles. The van der Waals surface area contributed by atoms with Crippen molar-refractivity contribution in [2.45, 2.75) is 9.79 Å². The summed E-state index contributed by atoms with van der Waals surface area (Å²) in [4.78, 5) is 9.00. The Morgan fingerprint density at radius 1 is 0.920 bits per heavy atom. The Kier molecular flexibility index (Phi) is 5.04. The summed E-state index contributed by atoms with van der Waals surface area (Å²) in [6, 6.07) is 8.48. The second-order valence-corrected chi connectivity index (χ2v) is 7.62. The van der Waals surface area contributed by atoms with Gasteiger partial charge in [0.25, 0.3) is 15.8 Å². The van der Waals surface area contributed by atoms with Crippen LogP contribution in [0.15, 0.2) is 52.3 Å². The van der Waals surface area contributed by atoms with Gasteiger partial charge in [-0.05, 0) is 35.9 Å². The number of rotatable bonds is 5. The van der Waals surface area contributed by atoms with Crippen LogP contribution < -0.4 is 0 Å². The van der Waals surface area contributed by atoms with E-state index in [-0.39, 0.29) is 10.5 Å². The summed E-state index contributed by atoms with van der Waals surface area (Å²) in [7, 11) is -9.21. The van der Waals surface area contributed by atoms with Crippen LogP contribution in [-0.2, 0) is 20.2 Å². The highest BCUT2D eigenvalue weighted by atomic mass is 32.2. The van der Waals surface area contributed by atoms with Gasteiger partial charge in [0.1, 0.15) is 0 Å². The molecule has 11 heteroatoms. The quantitative estimate of drug-likeness (QED) is 0.344. The predicted molar refractivity (Wildman–Crippen MR) is 88.1 cm³/mol. The molecule has 0 fully saturated rings. The van der Waals surface area contributed by atoms with E-state index >= 15 is 0 Å². The summed E-state index contributed by atoms with van der Waals surface area (Å²) < 4.78 is 62.9. The Hall–Kier alpha value is -2.60. The highest BCUT2D eigenvalue weighted by Crippen LogP contribution is 2.29. The first-order valence-electron chi connectivity index (χ1n) is 6.50. The largest absolute Gasteiger partial charge is 0.301 e. The van der Waals surface area contributed by atoms with Gasteiger partial charge in [0.05, 0.1) is 15.4 Å². The monoisotopic (exact) mass is 385 g/mol. The molecule has 0 aromatic heterocycles. The molecular formula is C14H11NO8S2. The van der Waals surface area contributed by atoms with E-state index in [1.54, 1.807) is 0 Å². The normalized spacial score (nSPS) is 12.4. The average Bonchev–Trinajstić information content (AvgIpc) is 2.51. The third-order valence-electron chi connectivity index (χ3n) is 3.10. The number of hydrogen-bond donors (Lipinski definition) is 2. The number of nitro groups is 1. The van der Waals surface area contributed by atoms with Crippen LogP contribution in [0.1, 0.15) is 11.1 Å². The number of benzene rings is 2. The maximum Gasteiger partial charge on any atom is 0.301 e. The van der Waals surface area contributed by atoms with Crippen LogP contribution in [0.3, 0.4) is 0 Å². The first-order valence-corrected chi connectivity index (χ1v) is 9.39. The Morgan fingerprint density at radius 2 is 1.56 bits per heavy atom. The third kappa shape index (κ3) is 4.48. The fourth-order valence-electron chi connectivity index (χ4n) is 2.04. The van der Waals surface area contributed by atoms with Crippen molar-refractivity contribution in [2.24, 2.45) is 0 Å². The van der Waals surface area contributed by atoms with Crippen molar-refractivity contribution in [3.63, 3.8) is 0 Å². The molecule has 0 unspecified atom stereocenters. The summed E-state index contributed by atoms with van der Waals surface area (Å²) in [5, 5.41) is 11.2. The summed E-state index contributed by atoms with van der Waals surface area (Å²) in [6.45, 7) is 0. The minimum Gasteiger partial charge on any atom is -0.282 e. The van der Waals surface area contributed by atoms with E-state index in [0.29, 0.717) is 5.56 Å². The molecule has 0 spiro atoms. The molecule has 2 N–H and O–H groups in total. The van der Waals surface area contributed by atoms with Gasteiger partial charge in [-0.2, -0.15) is 16.8 Å². The first-order chi connectivity index (χ1) is 11.5. The molecule has 0 radical (unpaired) electrons. The van der Waals surface area contributed by atoms with Crippen molar-refractivity contribution < 1.29 is 30.9 Å². The second kappa shape index (κ2) is 6.72. The lowest BCUT2D eigenvalue weighted by atomic mass is 10.1. The van der Waals surface area contributed by atoms with Gasteiger partial charge in [-0.25, -0.2) is 0 Å². The first kappa shape index (κ1) is 18.7. The van der Waals surface area contributed by atoms with Crippen molar-refractivity contribution in [3.8, 4) is 0 Å². The van der Waals surface area contributed by atoms with Gasteiger partial charge in [0, 0.05) is 0 Å². The highest BCUT2D eigenvalue weighted by molar-refractivity contribution is 7.86. The molecule has 0 aliphatic carbocycles. The summed E-state index contributed by atoms with van der Waals surface area (Å²) in [5.41, 5.74) is -0.633. The summed E-state index contributed by atoms with van der Waals surface area (Å²) >= 11 is 0. The number of para-hydroxylation sites is 1. The van der Waals surface area contributed by atoms with Gasteiger partial charge in [0.2, 0.25) is 0 Å². The molecule has 0 saturated heterocycles. The molecule has 2 rings (SSSR count). The van der Waals surface area contributed by atoms with E-state index < -0.39 is 35.7 Å². The molecule has 132 valence electrons. The maximum atomic E-state index is 11.3. The summed E-state index contributed by atoms with van der Waals surface area (Å²) in [6.07, 6.45) is 2.49. The molecule has 9 nitrogen and oxygen atoms in total. The van der Waals surface area contributed by atoms with Gasteiger partial charge in [-0.3, -0.25) is 19.2 Å². The molecular weight excluding hydrogens is 374 g/mol. The molecule has 0 bridgehead atoms. The van der Waals surface area contributed by atoms with Crippen molar-refractivity contribution in [1.29, 1.82) is 0 Å². The molecule has 0 aliphatic heterocycles. The number of nitrogens with zero attached hydrogens (tertiary/aromatic N) is 1. The van der Waals surface area contributed by atoms with Gasteiger partial charge < -0.3 is 0 Å². The van der Waals surface area contributed by atoms with Gasteiger partial charge in [-0.15, -0.1) is 0 Å². The van der Waals surface area contributed by atoms with Crippen molar-refractivity contribution >= 4 is 38.1 Å². The zero-order valence-electron chi connectivity index (χ0n) is 12.3. The Labute approximate surface area is 142 Å². The standard InChI is InChI=1S/C14H11NO8S2/c16-15(17)14-11(4-2-6-13(14)25(21,22)23)8-7-10-3-1-5-12(9-10)24(18,19)20/h1-9H,(H,18,19,20)(H,21,22,23)/b8-7+. The summed E-state index contributed by atoms with van der Waals surface area (Å²) in [5.74, 6) is 0. The second-order valence-electron chi connectivity index (χ2n) is 4.81. The average molecular weight is 385 g/mol. The topological polar surface area (TPSA) is 152 Å². The minimum atomic E-state index is -4.80. The van der Waals surface area contributed by atoms with Crippen LogP contribution in [0, 0.1) is 10.1 Å². The van der Waals surface area contributed by atoms with Gasteiger partial charge in [-0.1, -0.05) is 24.3 Å². The van der Waals surface area contributed by atoms with E-state index in [0.717, 1.165) is 18.2 Å². The van der Waals surface area contributed by atoms with Crippen LogP contribution >= 0.6 is 0 Å².